The van der Waals surface area contributed by atoms with Crippen LogP contribution < -0.4 is 5.32 Å². The number of ether oxygens (including phenoxy) is 1. The van der Waals surface area contributed by atoms with Gasteiger partial charge in [-0.15, -0.1) is 22.7 Å². The van der Waals surface area contributed by atoms with E-state index in [9.17, 15) is 10.1 Å². The second kappa shape index (κ2) is 9.77. The Morgan fingerprint density at radius 3 is 2.84 bits per heavy atom. The average Bonchev–Trinajstić information content (AvgIpc) is 3.40. The SMILES string of the molecule is CCOC(=O)c1c(N/C=C(/C#N)c2nc(-c3ccc(Br)cc3)cs2)sc2c1CCCC2. The standard InChI is InChI=1S/C23H20BrN3O2S2/c1-2-29-23(28)20-17-5-3-4-6-19(17)31-22(20)26-12-15(11-25)21-27-18(13-30-21)14-7-9-16(24)10-8-14/h7-10,12-13,26H,2-6H2,1H3/b15-12-. The third kappa shape index (κ3) is 4.74. The molecule has 8 heteroatoms. The highest BCUT2D eigenvalue weighted by Gasteiger charge is 2.26. The molecule has 2 heterocycles. The van der Waals surface area contributed by atoms with Crippen molar-refractivity contribution in [3.8, 4) is 17.3 Å². The van der Waals surface area contributed by atoms with E-state index >= 15 is 0 Å². The second-order valence-electron chi connectivity index (χ2n) is 6.99. The van der Waals surface area contributed by atoms with Gasteiger partial charge in [0.25, 0.3) is 0 Å². The van der Waals surface area contributed by atoms with Gasteiger partial charge >= 0.3 is 5.97 Å². The number of aromatic nitrogens is 1. The lowest BCUT2D eigenvalue weighted by atomic mass is 9.95. The Hall–Kier alpha value is -2.47. The van der Waals surface area contributed by atoms with Gasteiger partial charge in [-0.25, -0.2) is 9.78 Å². The Morgan fingerprint density at radius 1 is 1.32 bits per heavy atom. The van der Waals surface area contributed by atoms with Crippen LogP contribution in [0.5, 0.6) is 0 Å². The molecule has 0 radical (unpaired) electrons. The zero-order chi connectivity index (χ0) is 21.8. The summed E-state index contributed by atoms with van der Waals surface area (Å²) < 4.78 is 6.30. The molecule has 0 atom stereocenters. The van der Waals surface area contributed by atoms with E-state index in [4.69, 9.17) is 4.74 Å². The fourth-order valence-electron chi connectivity index (χ4n) is 3.52. The van der Waals surface area contributed by atoms with E-state index in [1.165, 1.54) is 16.2 Å². The number of esters is 1. The number of nitrogens with zero attached hydrogens (tertiary/aromatic N) is 2. The number of halogens is 1. The highest BCUT2D eigenvalue weighted by atomic mass is 79.9. The van der Waals surface area contributed by atoms with Gasteiger partial charge in [0.05, 0.1) is 17.9 Å². The Bertz CT molecular complexity index is 1170. The molecule has 1 aliphatic rings. The molecule has 4 rings (SSSR count). The number of hydrogen-bond donors (Lipinski definition) is 1. The first kappa shape index (κ1) is 21.8. The van der Waals surface area contributed by atoms with Gasteiger partial charge in [0.15, 0.2) is 0 Å². The molecule has 0 amide bonds. The third-order valence-electron chi connectivity index (χ3n) is 4.99. The molecule has 1 aliphatic carbocycles. The summed E-state index contributed by atoms with van der Waals surface area (Å²) in [7, 11) is 0. The molecule has 3 aromatic rings. The number of rotatable bonds is 6. The average molecular weight is 514 g/mol. The molecule has 0 spiro atoms. The van der Waals surface area contributed by atoms with E-state index in [1.807, 2.05) is 36.6 Å². The molecule has 1 N–H and O–H groups in total. The maximum atomic E-state index is 12.6. The minimum absolute atomic E-state index is 0.303. The number of carbonyl (C=O) groups excluding carboxylic acids is 1. The van der Waals surface area contributed by atoms with Crippen LogP contribution in [0.4, 0.5) is 5.00 Å². The number of allylic oxidation sites excluding steroid dienone is 1. The van der Waals surface area contributed by atoms with E-state index in [0.29, 0.717) is 22.8 Å². The molecule has 1 aromatic carbocycles. The van der Waals surface area contributed by atoms with Crippen LogP contribution in [0.25, 0.3) is 16.8 Å². The predicted molar refractivity (Wildman–Crippen MR) is 129 cm³/mol. The second-order valence-corrected chi connectivity index (χ2v) is 9.87. The molecule has 0 bridgehead atoms. The van der Waals surface area contributed by atoms with Gasteiger partial charge in [0.2, 0.25) is 0 Å². The van der Waals surface area contributed by atoms with Gasteiger partial charge in [-0.05, 0) is 50.3 Å². The zero-order valence-corrected chi connectivity index (χ0v) is 20.1. The molecule has 0 unspecified atom stereocenters. The number of benzene rings is 1. The lowest BCUT2D eigenvalue weighted by Gasteiger charge is -2.12. The summed E-state index contributed by atoms with van der Waals surface area (Å²) in [6.07, 6.45) is 5.72. The Balaban J connectivity index is 1.62. The number of hydrogen-bond acceptors (Lipinski definition) is 7. The van der Waals surface area contributed by atoms with Crippen LogP contribution in [0, 0.1) is 11.3 Å². The van der Waals surface area contributed by atoms with Gasteiger partial charge in [0.1, 0.15) is 21.7 Å². The predicted octanol–water partition coefficient (Wildman–Crippen LogP) is 6.67. The monoisotopic (exact) mass is 513 g/mol. The van der Waals surface area contributed by atoms with Crippen molar-refractivity contribution in [2.24, 2.45) is 0 Å². The number of anilines is 1. The quantitative estimate of drug-likeness (QED) is 0.294. The largest absolute Gasteiger partial charge is 0.462 e. The van der Waals surface area contributed by atoms with Crippen LogP contribution in [0.1, 0.15) is 45.6 Å². The van der Waals surface area contributed by atoms with Crippen molar-refractivity contribution < 1.29 is 9.53 Å². The van der Waals surface area contributed by atoms with E-state index in [2.05, 4.69) is 32.3 Å². The number of carbonyl (C=O) groups is 1. The number of thiophene rings is 1. The molecular weight excluding hydrogens is 494 g/mol. The van der Waals surface area contributed by atoms with E-state index in [0.717, 1.165) is 52.0 Å². The van der Waals surface area contributed by atoms with Gasteiger partial charge in [-0.3, -0.25) is 0 Å². The van der Waals surface area contributed by atoms with Crippen LogP contribution in [-0.2, 0) is 17.6 Å². The van der Waals surface area contributed by atoms with Crippen molar-refractivity contribution >= 4 is 55.1 Å². The van der Waals surface area contributed by atoms with Crippen LogP contribution in [0.3, 0.4) is 0 Å². The van der Waals surface area contributed by atoms with Gasteiger partial charge < -0.3 is 10.1 Å². The highest BCUT2D eigenvalue weighted by Crippen LogP contribution is 2.39. The highest BCUT2D eigenvalue weighted by molar-refractivity contribution is 9.10. The summed E-state index contributed by atoms with van der Waals surface area (Å²) in [5.41, 5.74) is 3.95. The van der Waals surface area contributed by atoms with Crippen molar-refractivity contribution in [2.45, 2.75) is 32.6 Å². The maximum absolute atomic E-state index is 12.6. The summed E-state index contributed by atoms with van der Waals surface area (Å²) in [4.78, 5) is 18.5. The molecule has 2 aromatic heterocycles. The fraction of sp³-hybridized carbons (Fsp3) is 0.261. The van der Waals surface area contributed by atoms with Gasteiger partial charge in [-0.1, -0.05) is 28.1 Å². The summed E-state index contributed by atoms with van der Waals surface area (Å²) in [5.74, 6) is -0.303. The van der Waals surface area contributed by atoms with Crippen molar-refractivity contribution in [3.05, 3.63) is 61.3 Å². The third-order valence-corrected chi connectivity index (χ3v) is 7.62. The number of aryl methyl sites for hydroxylation is 1. The first-order valence-corrected chi connectivity index (χ1v) is 12.5. The summed E-state index contributed by atoms with van der Waals surface area (Å²) in [6, 6.07) is 10.1. The molecule has 5 nitrogen and oxygen atoms in total. The first-order valence-electron chi connectivity index (χ1n) is 10.0. The molecular formula is C23H20BrN3O2S2. The lowest BCUT2D eigenvalue weighted by Crippen LogP contribution is -2.10. The molecule has 158 valence electrons. The summed E-state index contributed by atoms with van der Waals surface area (Å²) >= 11 is 6.44. The number of fused-ring (bicyclic) bond motifs is 1. The normalized spacial score (nSPS) is 13.4. The van der Waals surface area contributed by atoms with Crippen LogP contribution >= 0.6 is 38.6 Å². The molecule has 31 heavy (non-hydrogen) atoms. The first-order chi connectivity index (χ1) is 15.1. The smallest absolute Gasteiger partial charge is 0.341 e. The van der Waals surface area contributed by atoms with Crippen molar-refractivity contribution in [2.75, 3.05) is 11.9 Å². The summed E-state index contributed by atoms with van der Waals surface area (Å²) in [6.45, 7) is 2.14. The topological polar surface area (TPSA) is 75.0 Å². The summed E-state index contributed by atoms with van der Waals surface area (Å²) in [5, 5.41) is 16.2. The maximum Gasteiger partial charge on any atom is 0.341 e. The van der Waals surface area contributed by atoms with Gasteiger partial charge in [0, 0.05) is 26.5 Å². The van der Waals surface area contributed by atoms with Gasteiger partial charge in [-0.2, -0.15) is 5.26 Å². The zero-order valence-electron chi connectivity index (χ0n) is 16.9. The minimum atomic E-state index is -0.303. The van der Waals surface area contributed by atoms with Crippen LogP contribution in [0.15, 0.2) is 40.3 Å². The van der Waals surface area contributed by atoms with Crippen LogP contribution in [0.2, 0.25) is 0 Å². The molecule has 0 saturated carbocycles. The Morgan fingerprint density at radius 2 is 2.10 bits per heavy atom. The van der Waals surface area contributed by atoms with E-state index in [1.54, 1.807) is 17.5 Å². The Labute approximate surface area is 197 Å². The van der Waals surface area contributed by atoms with Crippen molar-refractivity contribution in [3.63, 3.8) is 0 Å². The minimum Gasteiger partial charge on any atom is -0.462 e. The number of thiazole rings is 1. The van der Waals surface area contributed by atoms with Crippen molar-refractivity contribution in [1.29, 1.82) is 5.26 Å². The Kier molecular flexibility index (Phi) is 6.86. The number of nitrogens with one attached hydrogen (secondary N) is 1. The lowest BCUT2D eigenvalue weighted by molar-refractivity contribution is 0.0526. The fourth-order valence-corrected chi connectivity index (χ4v) is 5.82. The van der Waals surface area contributed by atoms with Crippen LogP contribution in [-0.4, -0.2) is 17.6 Å². The van der Waals surface area contributed by atoms with E-state index in [-0.39, 0.29) is 5.97 Å². The molecule has 0 saturated heterocycles. The van der Waals surface area contributed by atoms with E-state index < -0.39 is 0 Å². The van der Waals surface area contributed by atoms with Crippen molar-refractivity contribution in [1.82, 2.24) is 4.98 Å². The number of nitriles is 1. The molecule has 0 fully saturated rings. The molecule has 0 aliphatic heterocycles.